The van der Waals surface area contributed by atoms with Crippen LogP contribution < -0.4 is 14.4 Å². The van der Waals surface area contributed by atoms with E-state index in [2.05, 4.69) is 5.32 Å². The van der Waals surface area contributed by atoms with Gasteiger partial charge in [-0.1, -0.05) is 25.0 Å². The third-order valence-corrected chi connectivity index (χ3v) is 8.31. The molecule has 0 unspecified atom stereocenters. The lowest BCUT2D eigenvalue weighted by Crippen LogP contribution is -2.53. The van der Waals surface area contributed by atoms with Crippen molar-refractivity contribution in [2.45, 2.75) is 51.2 Å². The van der Waals surface area contributed by atoms with Crippen LogP contribution in [0.15, 0.2) is 48.5 Å². The number of hydrogen-bond donors (Lipinski definition) is 1. The third kappa shape index (κ3) is 7.20. The molecule has 11 heteroatoms. The Morgan fingerprint density at radius 3 is 2.35 bits per heavy atom. The Bertz CT molecular complexity index is 1180. The first-order valence-corrected chi connectivity index (χ1v) is 13.6. The van der Waals surface area contributed by atoms with E-state index in [1.54, 1.807) is 31.2 Å². The van der Waals surface area contributed by atoms with E-state index in [1.807, 2.05) is 0 Å². The molecule has 1 fully saturated rings. The van der Waals surface area contributed by atoms with E-state index < -0.39 is 34.5 Å². The average molecular weight is 535 g/mol. The third-order valence-electron chi connectivity index (χ3n) is 6.49. The second kappa shape index (κ2) is 12.4. The zero-order chi connectivity index (χ0) is 27.2. The fraction of sp³-hybridized carbons (Fsp3) is 0.462. The number of benzene rings is 2. The number of halogens is 1. The quantitative estimate of drug-likeness (QED) is 0.478. The lowest BCUT2D eigenvalue weighted by molar-refractivity contribution is -0.139. The summed E-state index contributed by atoms with van der Waals surface area (Å²) in [6, 6.07) is 11.2. The Labute approximate surface area is 218 Å². The number of nitrogens with zero attached hydrogens (tertiary/aromatic N) is 3. The van der Waals surface area contributed by atoms with Gasteiger partial charge in [-0.15, -0.1) is 0 Å². The molecule has 1 saturated carbocycles. The summed E-state index contributed by atoms with van der Waals surface area (Å²) >= 11 is 0. The molecule has 3 rings (SSSR count). The van der Waals surface area contributed by atoms with Gasteiger partial charge in [0.25, 0.3) is 0 Å². The highest BCUT2D eigenvalue weighted by atomic mass is 32.2. The zero-order valence-electron chi connectivity index (χ0n) is 21.7. The van der Waals surface area contributed by atoms with Gasteiger partial charge in [0.1, 0.15) is 24.2 Å². The standard InChI is InChI=1S/C26H35FN4O5S/c1-19(26(33)28-22-9-5-6-10-22)30(17-20-8-7-11-24(16-20)36-4)25(32)18-31(37(34,35)29(2)3)23-14-12-21(27)13-15-23/h7-8,11-16,19,22H,5-6,9-10,17-18H2,1-4H3,(H,28,33)/t19-/m1/s1. The number of nitrogens with one attached hydrogen (secondary N) is 1. The van der Waals surface area contributed by atoms with Gasteiger partial charge in [0.15, 0.2) is 0 Å². The summed E-state index contributed by atoms with van der Waals surface area (Å²) in [4.78, 5) is 28.2. The van der Waals surface area contributed by atoms with Crippen LogP contribution in [0.2, 0.25) is 0 Å². The molecule has 0 aliphatic heterocycles. The molecule has 0 spiro atoms. The van der Waals surface area contributed by atoms with Gasteiger partial charge in [0.2, 0.25) is 11.8 Å². The molecular weight excluding hydrogens is 499 g/mol. The molecule has 0 bridgehead atoms. The molecule has 2 aromatic carbocycles. The summed E-state index contributed by atoms with van der Waals surface area (Å²) in [6.07, 6.45) is 3.87. The van der Waals surface area contributed by atoms with Crippen molar-refractivity contribution in [3.05, 3.63) is 59.9 Å². The van der Waals surface area contributed by atoms with E-state index >= 15 is 0 Å². The monoisotopic (exact) mass is 534 g/mol. The van der Waals surface area contributed by atoms with Crippen LogP contribution >= 0.6 is 0 Å². The molecule has 1 atom stereocenters. The molecule has 0 aromatic heterocycles. The van der Waals surface area contributed by atoms with Gasteiger partial charge in [-0.2, -0.15) is 12.7 Å². The van der Waals surface area contributed by atoms with E-state index in [0.717, 1.165) is 52.0 Å². The Morgan fingerprint density at radius 2 is 1.76 bits per heavy atom. The van der Waals surface area contributed by atoms with Crippen LogP contribution in [-0.4, -0.2) is 69.3 Å². The average Bonchev–Trinajstić information content (AvgIpc) is 3.39. The SMILES string of the molecule is COc1cccc(CN(C(=O)CN(c2ccc(F)cc2)S(=O)(=O)N(C)C)[C@H](C)C(=O)NC2CCCC2)c1. The Morgan fingerprint density at radius 1 is 1.11 bits per heavy atom. The molecule has 0 saturated heterocycles. The van der Waals surface area contributed by atoms with Crippen LogP contribution in [-0.2, 0) is 26.3 Å². The van der Waals surface area contributed by atoms with Crippen molar-refractivity contribution in [2.75, 3.05) is 32.1 Å². The van der Waals surface area contributed by atoms with Gasteiger partial charge in [0, 0.05) is 26.7 Å². The lowest BCUT2D eigenvalue weighted by Gasteiger charge is -2.33. The number of rotatable bonds is 11. The molecule has 1 aliphatic rings. The van der Waals surface area contributed by atoms with E-state index in [4.69, 9.17) is 4.74 Å². The predicted octanol–water partition coefficient (Wildman–Crippen LogP) is 2.92. The van der Waals surface area contributed by atoms with Crippen LogP contribution in [0.1, 0.15) is 38.2 Å². The molecule has 9 nitrogen and oxygen atoms in total. The Balaban J connectivity index is 1.93. The van der Waals surface area contributed by atoms with Crippen molar-refractivity contribution in [3.8, 4) is 5.75 Å². The molecule has 202 valence electrons. The molecule has 1 aliphatic carbocycles. The van der Waals surface area contributed by atoms with Gasteiger partial charge >= 0.3 is 10.2 Å². The maximum atomic E-state index is 13.7. The van der Waals surface area contributed by atoms with Gasteiger partial charge in [0.05, 0.1) is 12.8 Å². The number of amides is 2. The molecule has 0 radical (unpaired) electrons. The molecule has 2 aromatic rings. The predicted molar refractivity (Wildman–Crippen MR) is 140 cm³/mol. The largest absolute Gasteiger partial charge is 0.497 e. The molecular formula is C26H35FN4O5S. The molecule has 1 N–H and O–H groups in total. The van der Waals surface area contributed by atoms with Crippen LogP contribution in [0.4, 0.5) is 10.1 Å². The van der Waals surface area contributed by atoms with Crippen molar-refractivity contribution < 1.29 is 27.1 Å². The number of anilines is 1. The van der Waals surface area contributed by atoms with Gasteiger partial charge < -0.3 is 15.0 Å². The van der Waals surface area contributed by atoms with E-state index in [0.29, 0.717) is 5.75 Å². The first-order valence-electron chi connectivity index (χ1n) is 12.2. The van der Waals surface area contributed by atoms with Crippen molar-refractivity contribution >= 4 is 27.7 Å². The Kier molecular flexibility index (Phi) is 9.50. The lowest BCUT2D eigenvalue weighted by atomic mass is 10.1. The number of methoxy groups -OCH3 is 1. The second-order valence-corrected chi connectivity index (χ2v) is 11.4. The fourth-order valence-electron chi connectivity index (χ4n) is 4.27. The first kappa shape index (κ1) is 28.4. The highest BCUT2D eigenvalue weighted by molar-refractivity contribution is 7.90. The smallest absolute Gasteiger partial charge is 0.304 e. The summed E-state index contributed by atoms with van der Waals surface area (Å²) in [7, 11) is 0.127. The van der Waals surface area contributed by atoms with Gasteiger partial charge in [-0.25, -0.2) is 8.70 Å². The van der Waals surface area contributed by atoms with Crippen molar-refractivity contribution in [3.63, 3.8) is 0 Å². The highest BCUT2D eigenvalue weighted by Crippen LogP contribution is 2.23. The summed E-state index contributed by atoms with van der Waals surface area (Å²) < 4.78 is 47.0. The van der Waals surface area contributed by atoms with Crippen LogP contribution in [0.3, 0.4) is 0 Å². The summed E-state index contributed by atoms with van der Waals surface area (Å²) in [5.41, 5.74) is 0.852. The fourth-order valence-corrected chi connectivity index (χ4v) is 5.32. The maximum absolute atomic E-state index is 13.7. The minimum atomic E-state index is -4.11. The van der Waals surface area contributed by atoms with E-state index in [9.17, 15) is 22.4 Å². The first-order chi connectivity index (χ1) is 17.5. The van der Waals surface area contributed by atoms with E-state index in [-0.39, 0.29) is 24.2 Å². The summed E-state index contributed by atoms with van der Waals surface area (Å²) in [6.45, 7) is 1.12. The highest BCUT2D eigenvalue weighted by Gasteiger charge is 2.33. The number of ether oxygens (including phenoxy) is 1. The number of carbonyl (C=O) groups excluding carboxylic acids is 2. The van der Waals surface area contributed by atoms with Crippen molar-refractivity contribution in [2.24, 2.45) is 0 Å². The van der Waals surface area contributed by atoms with Crippen LogP contribution in [0, 0.1) is 5.82 Å². The van der Waals surface area contributed by atoms with Crippen molar-refractivity contribution in [1.82, 2.24) is 14.5 Å². The summed E-state index contributed by atoms with van der Waals surface area (Å²) in [5, 5.41) is 3.02. The summed E-state index contributed by atoms with van der Waals surface area (Å²) in [5.74, 6) is -0.816. The normalized spacial score (nSPS) is 14.9. The molecule has 37 heavy (non-hydrogen) atoms. The Hall–Kier alpha value is -3.18. The number of hydrogen-bond acceptors (Lipinski definition) is 5. The van der Waals surface area contributed by atoms with Crippen molar-refractivity contribution in [1.29, 1.82) is 0 Å². The molecule has 0 heterocycles. The maximum Gasteiger partial charge on any atom is 0.304 e. The van der Waals surface area contributed by atoms with Gasteiger partial charge in [-0.05, 0) is 61.7 Å². The second-order valence-electron chi connectivity index (χ2n) is 9.31. The zero-order valence-corrected chi connectivity index (χ0v) is 22.5. The van der Waals surface area contributed by atoms with Crippen LogP contribution in [0.5, 0.6) is 5.75 Å². The topological polar surface area (TPSA) is 99.3 Å². The molecule has 2 amide bonds. The van der Waals surface area contributed by atoms with Crippen LogP contribution in [0.25, 0.3) is 0 Å². The minimum absolute atomic E-state index is 0.0635. The number of carbonyl (C=O) groups is 2. The van der Waals surface area contributed by atoms with Gasteiger partial charge in [-0.3, -0.25) is 9.59 Å². The van der Waals surface area contributed by atoms with E-state index in [1.165, 1.54) is 38.2 Å². The minimum Gasteiger partial charge on any atom is -0.497 e.